The number of nitrogens with one attached hydrogen (secondary N) is 2. The molecule has 0 radical (unpaired) electrons. The highest BCUT2D eigenvalue weighted by Gasteiger charge is 2.31. The fourth-order valence-electron chi connectivity index (χ4n) is 3.84. The van der Waals surface area contributed by atoms with E-state index < -0.39 is 10.4 Å². The van der Waals surface area contributed by atoms with E-state index in [2.05, 4.69) is 113 Å². The molecule has 3 aromatic rings. The van der Waals surface area contributed by atoms with E-state index in [9.17, 15) is 13.0 Å². The molecule has 2 N–H and O–H groups in total. The SMILES string of the molecule is CN1C=CC(=CN[NH+]2c3ccccc3-c3ccccc32)c2ccccc21.COS(=O)(=O)[O-]. The van der Waals surface area contributed by atoms with Gasteiger partial charge in [0.1, 0.15) is 0 Å². The summed E-state index contributed by atoms with van der Waals surface area (Å²) in [6, 6.07) is 25.7. The molecular weight excluding hydrogens is 426 g/mol. The number of hydrogen-bond donors (Lipinski definition) is 2. The van der Waals surface area contributed by atoms with Gasteiger partial charge in [-0.1, -0.05) is 42.5 Å². The Kier molecular flexibility index (Phi) is 6.11. The number of rotatable bonds is 3. The largest absolute Gasteiger partial charge is 0.726 e. The van der Waals surface area contributed by atoms with E-state index in [0.29, 0.717) is 0 Å². The fraction of sp³-hybridized carbons (Fsp3) is 0.0833. The highest BCUT2D eigenvalue weighted by Crippen LogP contribution is 2.36. The summed E-state index contributed by atoms with van der Waals surface area (Å²) in [4.78, 5) is 2.15. The van der Waals surface area contributed by atoms with Crippen LogP contribution in [-0.2, 0) is 14.6 Å². The summed E-state index contributed by atoms with van der Waals surface area (Å²) in [6.45, 7) is 0. The molecule has 0 aliphatic carbocycles. The Labute approximate surface area is 187 Å². The van der Waals surface area contributed by atoms with Gasteiger partial charge in [-0.2, -0.15) is 5.01 Å². The van der Waals surface area contributed by atoms with Crippen LogP contribution in [0.4, 0.5) is 17.1 Å². The molecule has 2 heterocycles. The van der Waals surface area contributed by atoms with Crippen molar-refractivity contribution in [2.45, 2.75) is 0 Å². The first-order valence-corrected chi connectivity index (χ1v) is 11.3. The van der Waals surface area contributed by atoms with Crippen LogP contribution in [0.1, 0.15) is 5.56 Å². The van der Waals surface area contributed by atoms with E-state index in [1.54, 1.807) is 0 Å². The van der Waals surface area contributed by atoms with Crippen molar-refractivity contribution in [1.29, 1.82) is 0 Å². The third kappa shape index (κ3) is 4.44. The quantitative estimate of drug-likeness (QED) is 0.472. The van der Waals surface area contributed by atoms with Gasteiger partial charge in [0.2, 0.25) is 10.4 Å². The monoisotopic (exact) mass is 449 g/mol. The number of anilines is 1. The summed E-state index contributed by atoms with van der Waals surface area (Å²) in [5.74, 6) is 0. The number of hydrogen-bond acceptors (Lipinski definition) is 6. The van der Waals surface area contributed by atoms with Crippen LogP contribution in [0.25, 0.3) is 16.7 Å². The van der Waals surface area contributed by atoms with Crippen LogP contribution in [0, 0.1) is 0 Å². The highest BCUT2D eigenvalue weighted by atomic mass is 32.3. The van der Waals surface area contributed by atoms with Gasteiger partial charge in [-0.15, -0.1) is 0 Å². The minimum absolute atomic E-state index is 0.808. The molecule has 7 nitrogen and oxygen atoms in total. The van der Waals surface area contributed by atoms with E-state index in [1.807, 2.05) is 0 Å². The minimum Gasteiger partial charge on any atom is -0.726 e. The van der Waals surface area contributed by atoms with Crippen molar-refractivity contribution in [3.63, 3.8) is 0 Å². The molecule has 5 rings (SSSR count). The highest BCUT2D eigenvalue weighted by molar-refractivity contribution is 7.80. The number of benzene rings is 3. The summed E-state index contributed by atoms with van der Waals surface area (Å²) in [7, 11) is -1.52. The van der Waals surface area contributed by atoms with Crippen molar-refractivity contribution < 1.29 is 22.2 Å². The number of fused-ring (bicyclic) bond motifs is 4. The first kappa shape index (κ1) is 21.8. The molecule has 0 spiro atoms. The van der Waals surface area contributed by atoms with Crippen molar-refractivity contribution in [1.82, 2.24) is 5.43 Å². The summed E-state index contributed by atoms with van der Waals surface area (Å²) in [6.07, 6.45) is 6.39. The summed E-state index contributed by atoms with van der Waals surface area (Å²) < 4.78 is 31.0. The Morgan fingerprint density at radius 1 is 0.906 bits per heavy atom. The molecule has 0 amide bonds. The second-order valence-corrected chi connectivity index (χ2v) is 8.38. The van der Waals surface area contributed by atoms with Gasteiger partial charge in [0, 0.05) is 42.2 Å². The standard InChI is InChI=1S/C23H19N3.CH4O4S/c1-25-15-14-17(18-8-2-5-11-21(18)25)16-24-26-22-12-6-3-9-19(22)20-10-4-7-13-23(20)26;1-5-6(2,3)4/h2-16,24H,1H3;1H3,(H,2,3,4). The van der Waals surface area contributed by atoms with Crippen molar-refractivity contribution >= 4 is 33.0 Å². The molecule has 0 fully saturated rings. The first-order chi connectivity index (χ1) is 15.4. The van der Waals surface area contributed by atoms with Gasteiger partial charge in [-0.05, 0) is 24.3 Å². The van der Waals surface area contributed by atoms with Gasteiger partial charge in [-0.3, -0.25) is 4.18 Å². The van der Waals surface area contributed by atoms with Crippen LogP contribution in [-0.4, -0.2) is 27.1 Å². The van der Waals surface area contributed by atoms with E-state index in [4.69, 9.17) is 0 Å². The molecule has 0 saturated heterocycles. The average molecular weight is 450 g/mol. The van der Waals surface area contributed by atoms with Gasteiger partial charge in [0.05, 0.1) is 24.4 Å². The smallest absolute Gasteiger partial charge is 0.217 e. The third-order valence-electron chi connectivity index (χ3n) is 5.33. The molecule has 0 unspecified atom stereocenters. The molecule has 2 aliphatic heterocycles. The molecule has 8 heteroatoms. The number of allylic oxidation sites excluding steroid dienone is 2. The first-order valence-electron chi connectivity index (χ1n) is 9.94. The Morgan fingerprint density at radius 2 is 1.41 bits per heavy atom. The molecule has 2 aliphatic rings. The van der Waals surface area contributed by atoms with Crippen molar-refractivity contribution in [2.75, 3.05) is 19.1 Å². The average Bonchev–Trinajstić information content (AvgIpc) is 3.13. The molecule has 0 bridgehead atoms. The normalized spacial score (nSPS) is 15.5. The van der Waals surface area contributed by atoms with Crippen molar-refractivity contribution in [2.24, 2.45) is 0 Å². The van der Waals surface area contributed by atoms with Gasteiger partial charge < -0.3 is 9.45 Å². The predicted molar refractivity (Wildman–Crippen MR) is 124 cm³/mol. The van der Waals surface area contributed by atoms with E-state index in [-0.39, 0.29) is 0 Å². The molecule has 0 atom stereocenters. The zero-order valence-corrected chi connectivity index (χ0v) is 18.5. The van der Waals surface area contributed by atoms with Gasteiger partial charge in [-0.25, -0.2) is 13.8 Å². The molecule has 0 aromatic heterocycles. The van der Waals surface area contributed by atoms with Crippen LogP contribution < -0.4 is 15.3 Å². The molecular formula is C24H23N3O4S. The maximum atomic E-state index is 9.22. The van der Waals surface area contributed by atoms with Gasteiger partial charge in [0.15, 0.2) is 11.4 Å². The lowest BCUT2D eigenvalue weighted by molar-refractivity contribution is -0.801. The Morgan fingerprint density at radius 3 is 1.97 bits per heavy atom. The number of quaternary nitrogens is 1. The third-order valence-corrected chi connectivity index (χ3v) is 5.74. The maximum Gasteiger partial charge on any atom is 0.217 e. The van der Waals surface area contributed by atoms with Gasteiger partial charge >= 0.3 is 0 Å². The Bertz CT molecular complexity index is 1260. The molecule has 32 heavy (non-hydrogen) atoms. The minimum atomic E-state index is -4.41. The van der Waals surface area contributed by atoms with E-state index in [0.717, 1.165) is 7.11 Å². The maximum absolute atomic E-state index is 9.22. The summed E-state index contributed by atoms with van der Waals surface area (Å²) in [5, 5.41) is 1.17. The zero-order valence-electron chi connectivity index (χ0n) is 17.6. The summed E-state index contributed by atoms with van der Waals surface area (Å²) >= 11 is 0. The van der Waals surface area contributed by atoms with Crippen LogP contribution in [0.3, 0.4) is 0 Å². The van der Waals surface area contributed by atoms with E-state index in [1.165, 1.54) is 44.3 Å². The van der Waals surface area contributed by atoms with Crippen LogP contribution in [0.2, 0.25) is 0 Å². The molecule has 0 saturated carbocycles. The van der Waals surface area contributed by atoms with Crippen molar-refractivity contribution in [3.8, 4) is 11.1 Å². The second-order valence-electron chi connectivity index (χ2n) is 7.23. The Hall–Kier alpha value is -3.43. The van der Waals surface area contributed by atoms with Crippen LogP contribution >= 0.6 is 0 Å². The predicted octanol–water partition coefficient (Wildman–Crippen LogP) is 3.12. The lowest BCUT2D eigenvalue weighted by atomic mass is 10.0. The van der Waals surface area contributed by atoms with Gasteiger partial charge in [0.25, 0.3) is 0 Å². The second kappa shape index (κ2) is 8.97. The number of para-hydroxylation sites is 3. The van der Waals surface area contributed by atoms with Crippen LogP contribution in [0.15, 0.2) is 91.3 Å². The lowest BCUT2D eigenvalue weighted by Gasteiger charge is -2.24. The summed E-state index contributed by atoms with van der Waals surface area (Å²) in [5.41, 5.74) is 12.4. The van der Waals surface area contributed by atoms with E-state index >= 15 is 0 Å². The fourth-order valence-corrected chi connectivity index (χ4v) is 3.84. The van der Waals surface area contributed by atoms with Crippen LogP contribution in [0.5, 0.6) is 0 Å². The zero-order chi connectivity index (χ0) is 22.7. The molecule has 3 aromatic carbocycles. The van der Waals surface area contributed by atoms with Crippen molar-refractivity contribution in [3.05, 3.63) is 96.8 Å². The number of nitrogens with zero attached hydrogens (tertiary/aromatic N) is 1. The lowest BCUT2D eigenvalue weighted by Crippen LogP contribution is -3.07. The topological polar surface area (TPSA) is 86.1 Å². The molecule has 164 valence electrons. The Balaban J connectivity index is 0.000000363.